The van der Waals surface area contributed by atoms with Gasteiger partial charge in [0.05, 0.1) is 5.69 Å². The van der Waals surface area contributed by atoms with Gasteiger partial charge in [0.2, 0.25) is 0 Å². The van der Waals surface area contributed by atoms with Crippen molar-refractivity contribution < 1.29 is 13.7 Å². The van der Waals surface area contributed by atoms with Gasteiger partial charge in [0.25, 0.3) is 5.91 Å². The molecule has 1 amide bonds. The van der Waals surface area contributed by atoms with E-state index in [4.69, 9.17) is 4.52 Å². The zero-order valence-corrected chi connectivity index (χ0v) is 17.5. The number of amides is 1. The summed E-state index contributed by atoms with van der Waals surface area (Å²) in [7, 11) is 0. The summed E-state index contributed by atoms with van der Waals surface area (Å²) in [6.07, 6.45) is 1.99. The van der Waals surface area contributed by atoms with E-state index in [9.17, 15) is 9.18 Å². The molecule has 3 aromatic rings. The Kier molecular flexibility index (Phi) is 4.85. The van der Waals surface area contributed by atoms with Crippen molar-refractivity contribution in [2.75, 3.05) is 32.7 Å². The number of rotatable bonds is 4. The molecule has 158 valence electrons. The molecule has 0 spiro atoms. The van der Waals surface area contributed by atoms with Crippen molar-refractivity contribution in [3.63, 3.8) is 0 Å². The number of carbonyl (C=O) groups is 1. The lowest BCUT2D eigenvalue weighted by Crippen LogP contribution is -2.45. The molecule has 7 heteroatoms. The van der Waals surface area contributed by atoms with E-state index in [1.165, 1.54) is 23.4 Å². The predicted molar refractivity (Wildman–Crippen MR) is 112 cm³/mol. The molecule has 1 aromatic carbocycles. The Labute approximate surface area is 175 Å². The molecule has 1 fully saturated rings. The second-order valence-electron chi connectivity index (χ2n) is 8.57. The van der Waals surface area contributed by atoms with Gasteiger partial charge in [0.15, 0.2) is 5.58 Å². The van der Waals surface area contributed by atoms with E-state index in [1.807, 2.05) is 11.0 Å². The smallest absolute Gasteiger partial charge is 0.270 e. The van der Waals surface area contributed by atoms with Crippen molar-refractivity contribution in [1.82, 2.24) is 19.5 Å². The Bertz CT molecular complexity index is 1090. The quantitative estimate of drug-likeness (QED) is 0.658. The number of fused-ring (bicyclic) bond motifs is 2. The molecule has 5 rings (SSSR count). The number of hydrogen-bond donors (Lipinski definition) is 0. The van der Waals surface area contributed by atoms with Crippen molar-refractivity contribution in [3.05, 3.63) is 52.7 Å². The average molecular weight is 410 g/mol. The van der Waals surface area contributed by atoms with Gasteiger partial charge < -0.3 is 18.9 Å². The van der Waals surface area contributed by atoms with Crippen LogP contribution < -0.4 is 0 Å². The third kappa shape index (κ3) is 3.31. The second-order valence-corrected chi connectivity index (χ2v) is 8.57. The van der Waals surface area contributed by atoms with Crippen LogP contribution in [0.1, 0.15) is 46.2 Å². The van der Waals surface area contributed by atoms with Crippen molar-refractivity contribution in [2.45, 2.75) is 39.2 Å². The first-order valence-electron chi connectivity index (χ1n) is 10.7. The number of aryl methyl sites for hydroxylation is 1. The molecule has 1 saturated heterocycles. The first-order chi connectivity index (χ1) is 14.5. The summed E-state index contributed by atoms with van der Waals surface area (Å²) in [5, 5.41) is 5.15. The first kappa shape index (κ1) is 19.3. The monoisotopic (exact) mass is 410 g/mol. The third-order valence-electron chi connectivity index (χ3n) is 6.84. The lowest BCUT2D eigenvalue weighted by molar-refractivity contribution is 0.0673. The van der Waals surface area contributed by atoms with Gasteiger partial charge in [-0.3, -0.25) is 4.79 Å². The summed E-state index contributed by atoms with van der Waals surface area (Å²) in [5.74, 6) is 0.178. The molecule has 30 heavy (non-hydrogen) atoms. The second kappa shape index (κ2) is 7.54. The van der Waals surface area contributed by atoms with Gasteiger partial charge >= 0.3 is 0 Å². The predicted octanol–water partition coefficient (Wildman–Crippen LogP) is 3.72. The number of nitrogens with zero attached hydrogens (tertiary/aromatic N) is 4. The Morgan fingerprint density at radius 3 is 2.70 bits per heavy atom. The summed E-state index contributed by atoms with van der Waals surface area (Å²) in [6.45, 7) is 9.40. The highest BCUT2D eigenvalue weighted by atomic mass is 19.1. The van der Waals surface area contributed by atoms with Crippen LogP contribution in [0.4, 0.5) is 4.39 Å². The fraction of sp³-hybridized carbons (Fsp3) is 0.478. The summed E-state index contributed by atoms with van der Waals surface area (Å²) >= 11 is 0. The van der Waals surface area contributed by atoms with Crippen molar-refractivity contribution in [2.24, 2.45) is 0 Å². The standard InChI is InChI=1S/C23H27FN4O2/c1-15-13-20-23(29)27(11-12-28(20)16(15)2)10-9-26-7-5-17(6-8-26)22-19-4-3-18(24)14-21(19)30-25-22/h3-4,13-14,17H,5-12H2,1-2H3. The van der Waals surface area contributed by atoms with Gasteiger partial charge in [-0.25, -0.2) is 4.39 Å². The van der Waals surface area contributed by atoms with E-state index >= 15 is 0 Å². The Morgan fingerprint density at radius 1 is 1.10 bits per heavy atom. The van der Waals surface area contributed by atoms with Crippen molar-refractivity contribution in [3.8, 4) is 0 Å². The maximum atomic E-state index is 13.4. The lowest BCUT2D eigenvalue weighted by Gasteiger charge is -2.34. The molecule has 6 nitrogen and oxygen atoms in total. The molecule has 4 heterocycles. The highest BCUT2D eigenvalue weighted by Gasteiger charge is 2.28. The number of halogens is 1. The van der Waals surface area contributed by atoms with Gasteiger partial charge in [-0.15, -0.1) is 0 Å². The third-order valence-corrected chi connectivity index (χ3v) is 6.84. The largest absolute Gasteiger partial charge is 0.356 e. The average Bonchev–Trinajstić information content (AvgIpc) is 3.29. The maximum absolute atomic E-state index is 13.4. The number of benzene rings is 1. The van der Waals surface area contributed by atoms with Crippen LogP contribution in [0.25, 0.3) is 11.0 Å². The SMILES string of the molecule is Cc1cc2n(c1C)CCN(CCN1CCC(c3noc4cc(F)ccc34)CC1)C2=O. The minimum atomic E-state index is -0.301. The van der Waals surface area contributed by atoms with E-state index in [0.29, 0.717) is 11.5 Å². The van der Waals surface area contributed by atoms with E-state index < -0.39 is 0 Å². The molecule has 0 bridgehead atoms. The van der Waals surface area contributed by atoms with Crippen LogP contribution >= 0.6 is 0 Å². The van der Waals surface area contributed by atoms with E-state index in [1.54, 1.807) is 6.07 Å². The van der Waals surface area contributed by atoms with E-state index in [2.05, 4.69) is 28.5 Å². The van der Waals surface area contributed by atoms with Gasteiger partial charge in [0, 0.05) is 49.2 Å². The summed E-state index contributed by atoms with van der Waals surface area (Å²) in [6, 6.07) is 6.65. The zero-order chi connectivity index (χ0) is 20.8. The van der Waals surface area contributed by atoms with Gasteiger partial charge in [0.1, 0.15) is 11.5 Å². The van der Waals surface area contributed by atoms with Crippen LogP contribution in [0.2, 0.25) is 0 Å². The maximum Gasteiger partial charge on any atom is 0.270 e. The summed E-state index contributed by atoms with van der Waals surface area (Å²) in [4.78, 5) is 17.3. The molecule has 0 saturated carbocycles. The van der Waals surface area contributed by atoms with Crippen LogP contribution in [0.3, 0.4) is 0 Å². The van der Waals surface area contributed by atoms with E-state index in [-0.39, 0.29) is 11.7 Å². The van der Waals surface area contributed by atoms with Gasteiger partial charge in [-0.05, 0) is 63.5 Å². The number of likely N-dealkylation sites (tertiary alicyclic amines) is 1. The lowest BCUT2D eigenvalue weighted by atomic mass is 9.91. The molecule has 0 radical (unpaired) electrons. The molecule has 0 aliphatic carbocycles. The molecular formula is C23H27FN4O2. The summed E-state index contributed by atoms with van der Waals surface area (Å²) in [5.41, 5.74) is 4.67. The molecule has 2 aliphatic heterocycles. The normalized spacial score (nSPS) is 18.4. The van der Waals surface area contributed by atoms with Gasteiger partial charge in [-0.2, -0.15) is 0 Å². The Balaban J connectivity index is 1.17. The molecular weight excluding hydrogens is 383 g/mol. The van der Waals surface area contributed by atoms with Crippen LogP contribution in [0.5, 0.6) is 0 Å². The minimum absolute atomic E-state index is 0.147. The molecule has 0 N–H and O–H groups in total. The van der Waals surface area contributed by atoms with Crippen molar-refractivity contribution in [1.29, 1.82) is 0 Å². The summed E-state index contributed by atoms with van der Waals surface area (Å²) < 4.78 is 20.9. The number of hydrogen-bond acceptors (Lipinski definition) is 4. The number of aromatic nitrogens is 2. The molecule has 0 atom stereocenters. The highest BCUT2D eigenvalue weighted by molar-refractivity contribution is 5.94. The fourth-order valence-electron chi connectivity index (χ4n) is 4.86. The Hall–Kier alpha value is -2.67. The number of carbonyl (C=O) groups excluding carboxylic acids is 1. The van der Waals surface area contributed by atoms with E-state index in [0.717, 1.165) is 68.9 Å². The van der Waals surface area contributed by atoms with Crippen LogP contribution in [-0.2, 0) is 6.54 Å². The van der Waals surface area contributed by atoms with Crippen molar-refractivity contribution >= 4 is 16.9 Å². The minimum Gasteiger partial charge on any atom is -0.356 e. The van der Waals surface area contributed by atoms with Crippen LogP contribution in [0, 0.1) is 19.7 Å². The Morgan fingerprint density at radius 2 is 1.90 bits per heavy atom. The van der Waals surface area contributed by atoms with Crippen LogP contribution in [0.15, 0.2) is 28.8 Å². The number of piperidine rings is 1. The zero-order valence-electron chi connectivity index (χ0n) is 17.5. The van der Waals surface area contributed by atoms with Crippen LogP contribution in [-0.4, -0.2) is 58.2 Å². The topological polar surface area (TPSA) is 54.5 Å². The molecule has 0 unspecified atom stereocenters. The van der Waals surface area contributed by atoms with Gasteiger partial charge in [-0.1, -0.05) is 5.16 Å². The fourth-order valence-corrected chi connectivity index (χ4v) is 4.86. The first-order valence-corrected chi connectivity index (χ1v) is 10.7. The molecule has 2 aliphatic rings. The molecule has 2 aromatic heterocycles. The highest BCUT2D eigenvalue weighted by Crippen LogP contribution is 2.32.